The van der Waals surface area contributed by atoms with Crippen LogP contribution in [0.3, 0.4) is 0 Å². The van der Waals surface area contributed by atoms with E-state index in [9.17, 15) is 4.79 Å². The number of carbonyl (C=O) groups is 1. The quantitative estimate of drug-likeness (QED) is 0.580. The molecule has 0 bridgehead atoms. The number of piperidine rings is 1. The lowest BCUT2D eigenvalue weighted by molar-refractivity contribution is -0.122. The smallest absolute Gasteiger partial charge is 0.228 e. The van der Waals surface area contributed by atoms with Gasteiger partial charge in [0.2, 0.25) is 5.91 Å². The van der Waals surface area contributed by atoms with E-state index in [-0.39, 0.29) is 18.4 Å². The topological polar surface area (TPSA) is 68.2 Å². The Kier molecular flexibility index (Phi) is 8.84. The van der Waals surface area contributed by atoms with Crippen LogP contribution in [-0.2, 0) is 11.3 Å². The maximum Gasteiger partial charge on any atom is 0.228 e. The molecule has 2 aromatic carbocycles. The van der Waals surface area contributed by atoms with Crippen LogP contribution in [0.1, 0.15) is 50.2 Å². The van der Waals surface area contributed by atoms with E-state index >= 15 is 0 Å². The minimum absolute atomic E-state index is 0.0418. The van der Waals surface area contributed by atoms with Gasteiger partial charge >= 0.3 is 0 Å². The van der Waals surface area contributed by atoms with E-state index in [2.05, 4.69) is 72.8 Å². The largest absolute Gasteiger partial charge is 0.342 e. The van der Waals surface area contributed by atoms with Gasteiger partial charge in [-0.05, 0) is 67.6 Å². The van der Waals surface area contributed by atoms with E-state index in [1.54, 1.807) is 0 Å². The number of rotatable bonds is 9. The molecular formula is C27H36N4O. The van der Waals surface area contributed by atoms with E-state index in [4.69, 9.17) is 5.26 Å². The lowest BCUT2D eigenvalue weighted by Crippen LogP contribution is -2.40. The second-order valence-electron chi connectivity index (χ2n) is 9.34. The number of nitriles is 1. The van der Waals surface area contributed by atoms with Crippen molar-refractivity contribution in [2.24, 2.45) is 5.92 Å². The van der Waals surface area contributed by atoms with E-state index in [0.717, 1.165) is 29.7 Å². The van der Waals surface area contributed by atoms with Crippen molar-refractivity contribution in [3.8, 4) is 17.2 Å². The molecule has 1 unspecified atom stereocenters. The Morgan fingerprint density at radius 1 is 1.12 bits per heavy atom. The van der Waals surface area contributed by atoms with Crippen LogP contribution in [0.15, 0.2) is 48.5 Å². The molecule has 0 saturated carbocycles. The van der Waals surface area contributed by atoms with Gasteiger partial charge in [-0.2, -0.15) is 5.26 Å². The van der Waals surface area contributed by atoms with Crippen LogP contribution in [0.5, 0.6) is 0 Å². The number of carbonyl (C=O) groups excluding carboxylic acids is 1. The minimum atomic E-state index is -0.249. The Morgan fingerprint density at radius 2 is 1.84 bits per heavy atom. The fourth-order valence-electron chi connectivity index (χ4n) is 4.34. The number of likely N-dealkylation sites (tertiary alicyclic amines) is 1. The van der Waals surface area contributed by atoms with Gasteiger partial charge in [0.1, 0.15) is 6.54 Å². The van der Waals surface area contributed by atoms with Crippen molar-refractivity contribution in [3.63, 3.8) is 0 Å². The predicted octanol–water partition coefficient (Wildman–Crippen LogP) is 4.31. The third kappa shape index (κ3) is 6.91. The zero-order valence-corrected chi connectivity index (χ0v) is 19.6. The van der Waals surface area contributed by atoms with Crippen LogP contribution in [0, 0.1) is 17.2 Å². The summed E-state index contributed by atoms with van der Waals surface area (Å²) >= 11 is 0. The third-order valence-electron chi connectivity index (χ3n) is 6.25. The minimum Gasteiger partial charge on any atom is -0.342 e. The van der Waals surface area contributed by atoms with Gasteiger partial charge in [0.15, 0.2) is 0 Å². The summed E-state index contributed by atoms with van der Waals surface area (Å²) in [5.41, 5.74) is 4.55. The Balaban J connectivity index is 1.68. The zero-order chi connectivity index (χ0) is 22.9. The molecule has 1 heterocycles. The molecule has 5 heteroatoms. The number of nitrogens with one attached hydrogen (secondary N) is 2. The van der Waals surface area contributed by atoms with E-state index < -0.39 is 0 Å². The molecule has 5 nitrogen and oxygen atoms in total. The summed E-state index contributed by atoms with van der Waals surface area (Å²) in [6, 6.07) is 19.6. The molecule has 1 aliphatic heterocycles. The van der Waals surface area contributed by atoms with Crippen LogP contribution in [0.4, 0.5) is 0 Å². The van der Waals surface area contributed by atoms with Crippen molar-refractivity contribution in [1.29, 1.82) is 5.26 Å². The first-order chi connectivity index (χ1) is 15.5. The molecule has 1 aliphatic rings. The molecule has 0 spiro atoms. The molecule has 170 valence electrons. The first kappa shape index (κ1) is 24.0. The van der Waals surface area contributed by atoms with E-state index in [0.29, 0.717) is 12.0 Å². The van der Waals surface area contributed by atoms with E-state index in [1.165, 1.54) is 31.5 Å². The molecular weight excluding hydrogens is 396 g/mol. The molecule has 32 heavy (non-hydrogen) atoms. The Hall–Kier alpha value is -2.68. The maximum absolute atomic E-state index is 12.7. The van der Waals surface area contributed by atoms with Gasteiger partial charge in [-0.25, -0.2) is 0 Å². The lowest BCUT2D eigenvalue weighted by Gasteiger charge is -2.29. The Morgan fingerprint density at radius 3 is 2.50 bits per heavy atom. The summed E-state index contributed by atoms with van der Waals surface area (Å²) in [5.74, 6) is 0.0573. The average molecular weight is 433 g/mol. The van der Waals surface area contributed by atoms with Crippen molar-refractivity contribution < 1.29 is 4.79 Å². The van der Waals surface area contributed by atoms with Gasteiger partial charge in [-0.15, -0.1) is 0 Å². The second-order valence-corrected chi connectivity index (χ2v) is 9.34. The number of benzene rings is 2. The standard InChI is InChI=1S/C27H36N4O/c1-20(2)17-26(27(32)29-14-13-28)24-6-4-5-23(18-24)22-9-7-21(8-10-22)19-30-25-11-15-31(3)16-12-25/h4-10,18,20,25-26,30H,11-12,14-17,19H2,1-3H3,(H,29,32). The normalized spacial score (nSPS) is 16.0. The van der Waals surface area contributed by atoms with Crippen molar-refractivity contribution in [3.05, 3.63) is 59.7 Å². The molecule has 0 radical (unpaired) electrons. The first-order valence-electron chi connectivity index (χ1n) is 11.7. The summed E-state index contributed by atoms with van der Waals surface area (Å²) in [7, 11) is 2.19. The maximum atomic E-state index is 12.7. The van der Waals surface area contributed by atoms with Crippen LogP contribution in [-0.4, -0.2) is 43.5 Å². The highest BCUT2D eigenvalue weighted by Crippen LogP contribution is 2.29. The zero-order valence-electron chi connectivity index (χ0n) is 19.6. The van der Waals surface area contributed by atoms with Crippen LogP contribution in [0.2, 0.25) is 0 Å². The monoisotopic (exact) mass is 432 g/mol. The number of hydrogen-bond donors (Lipinski definition) is 2. The van der Waals surface area contributed by atoms with Crippen molar-refractivity contribution >= 4 is 5.91 Å². The first-order valence-corrected chi connectivity index (χ1v) is 11.7. The SMILES string of the molecule is CC(C)CC(C(=O)NCC#N)c1cccc(-c2ccc(CNC3CCN(C)CC3)cc2)c1. The molecule has 0 aliphatic carbocycles. The van der Waals surface area contributed by atoms with Crippen molar-refractivity contribution in [2.45, 2.75) is 51.6 Å². The summed E-state index contributed by atoms with van der Waals surface area (Å²) in [5, 5.41) is 15.2. The molecule has 1 fully saturated rings. The predicted molar refractivity (Wildman–Crippen MR) is 130 cm³/mol. The van der Waals surface area contributed by atoms with Crippen LogP contribution < -0.4 is 10.6 Å². The number of nitrogens with zero attached hydrogens (tertiary/aromatic N) is 2. The second kappa shape index (κ2) is 11.8. The van der Waals surface area contributed by atoms with Gasteiger partial charge in [0.05, 0.1) is 12.0 Å². The van der Waals surface area contributed by atoms with Gasteiger partial charge in [-0.3, -0.25) is 4.79 Å². The lowest BCUT2D eigenvalue weighted by atomic mass is 9.88. The fraction of sp³-hybridized carbons (Fsp3) is 0.481. The molecule has 2 aromatic rings. The van der Waals surface area contributed by atoms with Crippen molar-refractivity contribution in [2.75, 3.05) is 26.7 Å². The van der Waals surface area contributed by atoms with Gasteiger partial charge < -0.3 is 15.5 Å². The highest BCUT2D eigenvalue weighted by molar-refractivity contribution is 5.84. The van der Waals surface area contributed by atoms with Gasteiger partial charge in [0.25, 0.3) is 0 Å². The molecule has 0 aromatic heterocycles. The number of hydrogen-bond acceptors (Lipinski definition) is 4. The Bertz CT molecular complexity index is 908. The molecule has 1 amide bonds. The van der Waals surface area contributed by atoms with E-state index in [1.807, 2.05) is 18.2 Å². The summed E-state index contributed by atoms with van der Waals surface area (Å²) in [6.07, 6.45) is 3.17. The van der Waals surface area contributed by atoms with Crippen LogP contribution in [0.25, 0.3) is 11.1 Å². The van der Waals surface area contributed by atoms with Crippen molar-refractivity contribution in [1.82, 2.24) is 15.5 Å². The third-order valence-corrected chi connectivity index (χ3v) is 6.25. The molecule has 1 atom stereocenters. The number of amides is 1. The average Bonchev–Trinajstić information content (AvgIpc) is 2.81. The van der Waals surface area contributed by atoms with Crippen LogP contribution >= 0.6 is 0 Å². The molecule has 1 saturated heterocycles. The summed E-state index contributed by atoms with van der Waals surface area (Å²) < 4.78 is 0. The highest BCUT2D eigenvalue weighted by atomic mass is 16.1. The molecule has 2 N–H and O–H groups in total. The summed E-state index contributed by atoms with van der Waals surface area (Å²) in [6.45, 7) is 7.50. The fourth-order valence-corrected chi connectivity index (χ4v) is 4.34. The molecule has 3 rings (SSSR count). The Labute approximate surface area is 192 Å². The van der Waals surface area contributed by atoms with Gasteiger partial charge in [0, 0.05) is 12.6 Å². The highest BCUT2D eigenvalue weighted by Gasteiger charge is 2.22. The van der Waals surface area contributed by atoms with Gasteiger partial charge in [-0.1, -0.05) is 62.4 Å². The summed E-state index contributed by atoms with van der Waals surface area (Å²) in [4.78, 5) is 15.1.